The first kappa shape index (κ1) is 26.9. The highest BCUT2D eigenvalue weighted by Gasteiger charge is 2.20. The van der Waals surface area contributed by atoms with Crippen molar-refractivity contribution in [3.63, 3.8) is 0 Å². The number of carbonyl (C=O) groups excluding carboxylic acids is 2. The summed E-state index contributed by atoms with van der Waals surface area (Å²) in [6.07, 6.45) is 4.93. The van der Waals surface area contributed by atoms with E-state index >= 15 is 0 Å². The molecule has 0 spiro atoms. The van der Waals surface area contributed by atoms with Crippen LogP contribution in [0.1, 0.15) is 69.7 Å². The maximum atomic E-state index is 13.2. The fraction of sp³-hybridized carbons (Fsp3) is 0.542. The second-order valence-electron chi connectivity index (χ2n) is 8.88. The van der Waals surface area contributed by atoms with Gasteiger partial charge in [-0.25, -0.2) is 13.8 Å². The Morgan fingerprint density at radius 1 is 1.18 bits per heavy atom. The van der Waals surface area contributed by atoms with Gasteiger partial charge in [0, 0.05) is 30.7 Å². The molecule has 0 aliphatic heterocycles. The fourth-order valence-electron chi connectivity index (χ4n) is 3.26. The lowest BCUT2D eigenvalue weighted by molar-refractivity contribution is -0.126. The second-order valence-corrected chi connectivity index (χ2v) is 9.94. The summed E-state index contributed by atoms with van der Waals surface area (Å²) < 4.78 is 31.9. The summed E-state index contributed by atoms with van der Waals surface area (Å²) >= 11 is 1.42. The Balaban J connectivity index is 1.78. The average Bonchev–Trinajstić information content (AvgIpc) is 3.20. The van der Waals surface area contributed by atoms with Gasteiger partial charge in [-0.05, 0) is 70.1 Å². The normalized spacial score (nSPS) is 13.4. The highest BCUT2D eigenvalue weighted by Crippen LogP contribution is 2.30. The lowest BCUT2D eigenvalue weighted by Crippen LogP contribution is -2.41. The van der Waals surface area contributed by atoms with Crippen LogP contribution in [-0.4, -0.2) is 35.6 Å². The monoisotopic (exact) mass is 481 g/mol. The molecule has 0 saturated heterocycles. The zero-order valence-corrected chi connectivity index (χ0v) is 20.7. The van der Waals surface area contributed by atoms with E-state index in [0.717, 1.165) is 30.2 Å². The Labute approximate surface area is 198 Å². The number of carbonyl (C=O) groups is 2. The van der Waals surface area contributed by atoms with Crippen LogP contribution >= 0.6 is 11.3 Å². The molecular weight excluding hydrogens is 448 g/mol. The summed E-state index contributed by atoms with van der Waals surface area (Å²) in [5, 5.41) is 5.82. The van der Waals surface area contributed by atoms with Crippen LogP contribution in [0.2, 0.25) is 0 Å². The molecule has 9 heteroatoms. The van der Waals surface area contributed by atoms with E-state index in [1.54, 1.807) is 20.2 Å². The third-order valence-corrected chi connectivity index (χ3v) is 6.69. The number of hydrogen-bond donors (Lipinski definition) is 2. The van der Waals surface area contributed by atoms with Crippen LogP contribution in [0.15, 0.2) is 24.4 Å². The smallest absolute Gasteiger partial charge is 0.248 e. The first-order chi connectivity index (χ1) is 15.5. The van der Waals surface area contributed by atoms with Gasteiger partial charge in [-0.2, -0.15) is 0 Å². The van der Waals surface area contributed by atoms with E-state index in [2.05, 4.69) is 36.4 Å². The molecule has 1 unspecified atom stereocenters. The molecule has 2 aromatic rings. The Bertz CT molecular complexity index is 929. The molecule has 1 heterocycles. The molecule has 0 saturated carbocycles. The van der Waals surface area contributed by atoms with Crippen molar-refractivity contribution >= 4 is 28.3 Å². The molecule has 2 amide bonds. The number of halogens is 2. The van der Waals surface area contributed by atoms with Gasteiger partial charge in [0.15, 0.2) is 5.13 Å². The molecule has 0 fully saturated rings. The van der Waals surface area contributed by atoms with Crippen molar-refractivity contribution in [3.8, 4) is 0 Å². The summed E-state index contributed by atoms with van der Waals surface area (Å²) in [4.78, 5) is 29.9. The van der Waals surface area contributed by atoms with E-state index in [4.69, 9.17) is 4.74 Å². The van der Waals surface area contributed by atoms with E-state index in [1.807, 2.05) is 0 Å². The highest BCUT2D eigenvalue weighted by molar-refractivity contribution is 7.15. The lowest BCUT2D eigenvalue weighted by Gasteiger charge is -2.23. The number of aromatic nitrogens is 1. The molecule has 2 N–H and O–H groups in total. The number of thiazole rings is 1. The third-order valence-electron chi connectivity index (χ3n) is 5.54. The summed E-state index contributed by atoms with van der Waals surface area (Å²) in [5.41, 5.74) is 0.246. The number of aryl methyl sites for hydroxylation is 1. The first-order valence-electron chi connectivity index (χ1n) is 11.0. The maximum Gasteiger partial charge on any atom is 0.248 e. The lowest BCUT2D eigenvalue weighted by atomic mass is 9.96. The van der Waals surface area contributed by atoms with Crippen LogP contribution in [0.3, 0.4) is 0 Å². The topological polar surface area (TPSA) is 80.3 Å². The number of nitrogens with zero attached hydrogens (tertiary/aromatic N) is 1. The predicted molar refractivity (Wildman–Crippen MR) is 126 cm³/mol. The van der Waals surface area contributed by atoms with Gasteiger partial charge in [0.25, 0.3) is 0 Å². The molecule has 2 atom stereocenters. The number of nitrogens with one attached hydrogen (secondary N) is 2. The molecular formula is C24H33F2N3O3S. The molecule has 2 rings (SSSR count). The van der Waals surface area contributed by atoms with Crippen LogP contribution in [-0.2, 0) is 20.7 Å². The summed E-state index contributed by atoms with van der Waals surface area (Å²) in [6.45, 7) is 7.84. The number of benzene rings is 1. The summed E-state index contributed by atoms with van der Waals surface area (Å²) in [6, 6.07) is 2.38. The van der Waals surface area contributed by atoms with Crippen molar-refractivity contribution in [1.29, 1.82) is 0 Å². The maximum absolute atomic E-state index is 13.2. The fourth-order valence-corrected chi connectivity index (χ4v) is 4.16. The number of amides is 2. The molecule has 33 heavy (non-hydrogen) atoms. The molecule has 1 aromatic heterocycles. The number of ether oxygens (including phenoxy) is 1. The molecule has 182 valence electrons. The van der Waals surface area contributed by atoms with E-state index < -0.39 is 17.7 Å². The number of anilines is 1. The third kappa shape index (κ3) is 9.17. The molecule has 0 aliphatic rings. The second kappa shape index (κ2) is 12.2. The van der Waals surface area contributed by atoms with Crippen LogP contribution in [0.4, 0.5) is 13.9 Å². The van der Waals surface area contributed by atoms with Gasteiger partial charge in [0.1, 0.15) is 17.7 Å². The van der Waals surface area contributed by atoms with E-state index in [-0.39, 0.29) is 30.3 Å². The number of rotatable bonds is 12. The van der Waals surface area contributed by atoms with Crippen LogP contribution < -0.4 is 10.6 Å². The number of hydrogen-bond acceptors (Lipinski definition) is 5. The SMILES string of the molecule is COC(C)(C)CCCC(C)c1cnc(NC(=O)[C@H](C)NC(=O)CCc2cc(F)cc(F)c2)s1. The van der Waals surface area contributed by atoms with Gasteiger partial charge >= 0.3 is 0 Å². The van der Waals surface area contributed by atoms with Crippen molar-refractivity contribution in [2.24, 2.45) is 0 Å². The molecule has 6 nitrogen and oxygen atoms in total. The molecule has 0 radical (unpaired) electrons. The van der Waals surface area contributed by atoms with Crippen molar-refractivity contribution in [2.45, 2.75) is 77.4 Å². The highest BCUT2D eigenvalue weighted by atomic mass is 32.1. The van der Waals surface area contributed by atoms with Crippen LogP contribution in [0, 0.1) is 11.6 Å². The van der Waals surface area contributed by atoms with E-state index in [0.29, 0.717) is 16.6 Å². The van der Waals surface area contributed by atoms with Gasteiger partial charge in [0.2, 0.25) is 11.8 Å². The minimum atomic E-state index is -0.775. The minimum absolute atomic E-state index is 0.0132. The van der Waals surface area contributed by atoms with Crippen molar-refractivity contribution in [3.05, 3.63) is 46.5 Å². The quantitative estimate of drug-likeness (QED) is 0.437. The van der Waals surface area contributed by atoms with Crippen molar-refractivity contribution < 1.29 is 23.1 Å². The zero-order chi connectivity index (χ0) is 24.6. The van der Waals surface area contributed by atoms with Crippen molar-refractivity contribution in [2.75, 3.05) is 12.4 Å². The number of methoxy groups -OCH3 is 1. The van der Waals surface area contributed by atoms with Crippen LogP contribution in [0.25, 0.3) is 0 Å². The summed E-state index contributed by atoms with van der Waals surface area (Å²) in [5.74, 6) is -1.82. The average molecular weight is 482 g/mol. The molecule has 0 aliphatic carbocycles. The molecule has 0 bridgehead atoms. The van der Waals surface area contributed by atoms with Gasteiger partial charge in [-0.15, -0.1) is 11.3 Å². The minimum Gasteiger partial charge on any atom is -0.379 e. The Morgan fingerprint density at radius 3 is 2.48 bits per heavy atom. The van der Waals surface area contributed by atoms with E-state index in [9.17, 15) is 18.4 Å². The Hall–Kier alpha value is -2.39. The Morgan fingerprint density at radius 2 is 1.85 bits per heavy atom. The van der Waals surface area contributed by atoms with Crippen LogP contribution in [0.5, 0.6) is 0 Å². The van der Waals surface area contributed by atoms with Gasteiger partial charge in [0.05, 0.1) is 5.60 Å². The van der Waals surface area contributed by atoms with Gasteiger partial charge in [-0.1, -0.05) is 6.92 Å². The van der Waals surface area contributed by atoms with E-state index in [1.165, 1.54) is 23.5 Å². The van der Waals surface area contributed by atoms with Gasteiger partial charge < -0.3 is 15.4 Å². The molecule has 1 aromatic carbocycles. The van der Waals surface area contributed by atoms with Crippen molar-refractivity contribution in [1.82, 2.24) is 10.3 Å². The summed E-state index contributed by atoms with van der Waals surface area (Å²) in [7, 11) is 1.72. The largest absolute Gasteiger partial charge is 0.379 e. The standard InChI is InChI=1S/C24H33F2N3O3S/c1-15(7-6-10-24(3,4)32-5)20-14-27-23(33-20)29-22(31)16(2)28-21(30)9-8-17-11-18(25)13-19(26)12-17/h11-16H,6-10H2,1-5H3,(H,28,30)(H,27,29,31)/t15?,16-/m0/s1. The predicted octanol–water partition coefficient (Wildman–Crippen LogP) is 5.20. The zero-order valence-electron chi connectivity index (χ0n) is 19.8. The first-order valence-corrected chi connectivity index (χ1v) is 11.9. The Kier molecular flexibility index (Phi) is 9.91. The van der Waals surface area contributed by atoms with Gasteiger partial charge in [-0.3, -0.25) is 9.59 Å².